The lowest BCUT2D eigenvalue weighted by Gasteiger charge is -2.15. The Morgan fingerprint density at radius 2 is 1.57 bits per heavy atom. The van der Waals surface area contributed by atoms with E-state index < -0.39 is 0 Å². The second-order valence-electron chi connectivity index (χ2n) is 6.44. The molecule has 1 heterocycles. The molecular weight excluding hydrogens is 416 g/mol. The number of rotatable bonds is 3. The molecule has 0 aliphatic heterocycles. The number of halogens is 1. The van der Waals surface area contributed by atoms with Gasteiger partial charge in [0.2, 0.25) is 5.88 Å². The van der Waals surface area contributed by atoms with Crippen LogP contribution in [0, 0.1) is 6.92 Å². The summed E-state index contributed by atoms with van der Waals surface area (Å²) in [6, 6.07) is 22.3. The Bertz CT molecular complexity index is 1260. The van der Waals surface area contributed by atoms with E-state index in [0.717, 1.165) is 15.7 Å². The zero-order valence-electron chi connectivity index (χ0n) is 15.1. The van der Waals surface area contributed by atoms with Crippen molar-refractivity contribution in [2.24, 2.45) is 4.99 Å². The fraction of sp³-hybridized carbons (Fsp3) is 0.0435. The van der Waals surface area contributed by atoms with Gasteiger partial charge >= 0.3 is 0 Å². The Labute approximate surface area is 170 Å². The first kappa shape index (κ1) is 18.2. The second kappa shape index (κ2) is 7.44. The van der Waals surface area contributed by atoms with Crippen molar-refractivity contribution in [2.45, 2.75) is 6.92 Å². The Morgan fingerprint density at radius 3 is 2.29 bits per heavy atom. The van der Waals surface area contributed by atoms with Crippen LogP contribution < -0.4 is 5.56 Å². The lowest BCUT2D eigenvalue weighted by molar-refractivity contribution is 0.436. The van der Waals surface area contributed by atoms with Crippen LogP contribution in [0.5, 0.6) is 5.88 Å². The molecule has 0 spiro atoms. The predicted octanol–water partition coefficient (Wildman–Crippen LogP) is 5.52. The predicted molar refractivity (Wildman–Crippen MR) is 117 cm³/mol. The average Bonchev–Trinajstić information content (AvgIpc) is 2.71. The summed E-state index contributed by atoms with van der Waals surface area (Å²) in [5.74, 6) is -0.126. The van der Waals surface area contributed by atoms with E-state index in [1.54, 1.807) is 12.3 Å². The number of aryl methyl sites for hydroxylation is 1. The minimum atomic E-state index is -0.261. The minimum Gasteiger partial charge on any atom is -0.494 e. The van der Waals surface area contributed by atoms with Gasteiger partial charge in [-0.15, -0.1) is 0 Å². The molecule has 0 aliphatic rings. The van der Waals surface area contributed by atoms with Crippen LogP contribution in [0.3, 0.4) is 0 Å². The number of hydrogen-bond donors (Lipinski definition) is 1. The summed E-state index contributed by atoms with van der Waals surface area (Å²) in [6.45, 7) is 1.91. The molecule has 0 radical (unpaired) electrons. The zero-order chi connectivity index (χ0) is 19.7. The molecule has 4 nitrogen and oxygen atoms in total. The summed E-state index contributed by atoms with van der Waals surface area (Å²) in [4.78, 5) is 17.6. The molecule has 0 saturated heterocycles. The highest BCUT2D eigenvalue weighted by Gasteiger charge is 2.17. The van der Waals surface area contributed by atoms with Gasteiger partial charge in [-0.05, 0) is 48.9 Å². The number of hydrogen-bond acceptors (Lipinski definition) is 3. The molecule has 0 amide bonds. The van der Waals surface area contributed by atoms with Crippen molar-refractivity contribution in [3.05, 3.63) is 98.7 Å². The Morgan fingerprint density at radius 1 is 0.929 bits per heavy atom. The maximum Gasteiger partial charge on any atom is 0.265 e. The van der Waals surface area contributed by atoms with E-state index in [1.807, 2.05) is 73.7 Å². The van der Waals surface area contributed by atoms with Crippen LogP contribution in [0.4, 0.5) is 5.69 Å². The van der Waals surface area contributed by atoms with Gasteiger partial charge in [-0.2, -0.15) is 0 Å². The van der Waals surface area contributed by atoms with Crippen molar-refractivity contribution < 1.29 is 5.11 Å². The van der Waals surface area contributed by atoms with E-state index in [1.165, 1.54) is 4.57 Å². The molecule has 28 heavy (non-hydrogen) atoms. The first-order valence-corrected chi connectivity index (χ1v) is 9.58. The normalized spacial score (nSPS) is 11.4. The van der Waals surface area contributed by atoms with Gasteiger partial charge in [0.1, 0.15) is 0 Å². The number of para-hydroxylation sites is 1. The Balaban J connectivity index is 1.99. The molecule has 0 aliphatic carbocycles. The molecule has 0 unspecified atom stereocenters. The van der Waals surface area contributed by atoms with Crippen molar-refractivity contribution in [1.82, 2.24) is 4.57 Å². The molecule has 0 atom stereocenters. The maximum atomic E-state index is 13.1. The van der Waals surface area contributed by atoms with Gasteiger partial charge in [-0.3, -0.25) is 9.79 Å². The van der Waals surface area contributed by atoms with Crippen LogP contribution in [-0.4, -0.2) is 15.9 Å². The number of aromatic hydroxyl groups is 1. The average molecular weight is 433 g/mol. The van der Waals surface area contributed by atoms with Gasteiger partial charge in [0.05, 0.1) is 16.9 Å². The second-order valence-corrected chi connectivity index (χ2v) is 7.36. The van der Waals surface area contributed by atoms with E-state index in [4.69, 9.17) is 0 Å². The molecule has 138 valence electrons. The van der Waals surface area contributed by atoms with Gasteiger partial charge in [0.25, 0.3) is 5.56 Å². The van der Waals surface area contributed by atoms with E-state index in [9.17, 15) is 9.90 Å². The van der Waals surface area contributed by atoms with Gasteiger partial charge in [0.15, 0.2) is 0 Å². The number of aliphatic imine (C=N–C) groups is 1. The first-order valence-electron chi connectivity index (χ1n) is 8.78. The summed E-state index contributed by atoms with van der Waals surface area (Å²) >= 11 is 3.41. The van der Waals surface area contributed by atoms with E-state index >= 15 is 0 Å². The number of aromatic nitrogens is 1. The van der Waals surface area contributed by atoms with Gasteiger partial charge in [-0.25, -0.2) is 4.57 Å². The highest BCUT2D eigenvalue weighted by atomic mass is 79.9. The molecule has 4 rings (SSSR count). The summed E-state index contributed by atoms with van der Waals surface area (Å²) in [5, 5.41) is 12.2. The molecule has 0 fully saturated rings. The smallest absolute Gasteiger partial charge is 0.265 e. The van der Waals surface area contributed by atoms with Crippen LogP contribution in [-0.2, 0) is 0 Å². The third-order valence-electron chi connectivity index (χ3n) is 4.63. The molecular formula is C23H17BrN2O2. The molecule has 1 aromatic heterocycles. The van der Waals surface area contributed by atoms with E-state index in [0.29, 0.717) is 22.0 Å². The monoisotopic (exact) mass is 432 g/mol. The standard InChI is InChI=1S/C23H17BrN2O2/c1-15-6-2-5-9-21(15)26-22(27)19-8-4-3-7-18(19)20(23(26)28)14-25-17-12-10-16(24)11-13-17/h2-14,28H,1H3. The Kier molecular flexibility index (Phi) is 4.84. The van der Waals surface area contributed by atoms with Crippen LogP contribution in [0.2, 0.25) is 0 Å². The molecule has 0 saturated carbocycles. The fourth-order valence-corrected chi connectivity index (χ4v) is 3.46. The third-order valence-corrected chi connectivity index (χ3v) is 5.16. The number of pyridine rings is 1. The third kappa shape index (κ3) is 3.25. The molecule has 4 aromatic rings. The number of benzene rings is 3. The zero-order valence-corrected chi connectivity index (χ0v) is 16.7. The van der Waals surface area contributed by atoms with Crippen LogP contribution in [0.25, 0.3) is 16.5 Å². The van der Waals surface area contributed by atoms with Crippen molar-refractivity contribution in [1.29, 1.82) is 0 Å². The lowest BCUT2D eigenvalue weighted by atomic mass is 10.1. The van der Waals surface area contributed by atoms with Crippen molar-refractivity contribution >= 4 is 38.6 Å². The minimum absolute atomic E-state index is 0.126. The van der Waals surface area contributed by atoms with Crippen LogP contribution in [0.15, 0.2) is 87.1 Å². The summed E-state index contributed by atoms with van der Waals surface area (Å²) in [5.41, 5.74) is 2.53. The number of fused-ring (bicyclic) bond motifs is 1. The van der Waals surface area contributed by atoms with E-state index in [-0.39, 0.29) is 11.4 Å². The van der Waals surface area contributed by atoms with Gasteiger partial charge < -0.3 is 5.11 Å². The summed E-state index contributed by atoms with van der Waals surface area (Å²) in [6.07, 6.45) is 1.61. The van der Waals surface area contributed by atoms with E-state index in [2.05, 4.69) is 20.9 Å². The van der Waals surface area contributed by atoms with Crippen molar-refractivity contribution in [3.63, 3.8) is 0 Å². The quantitative estimate of drug-likeness (QED) is 0.433. The highest BCUT2D eigenvalue weighted by Crippen LogP contribution is 2.27. The van der Waals surface area contributed by atoms with Crippen LogP contribution >= 0.6 is 15.9 Å². The lowest BCUT2D eigenvalue weighted by Crippen LogP contribution is -2.20. The van der Waals surface area contributed by atoms with Crippen LogP contribution in [0.1, 0.15) is 11.1 Å². The highest BCUT2D eigenvalue weighted by molar-refractivity contribution is 9.10. The summed E-state index contributed by atoms with van der Waals surface area (Å²) < 4.78 is 2.31. The molecule has 0 bridgehead atoms. The molecule has 1 N–H and O–H groups in total. The Hall–Kier alpha value is -3.18. The molecule has 5 heteroatoms. The summed E-state index contributed by atoms with van der Waals surface area (Å²) in [7, 11) is 0. The first-order chi connectivity index (χ1) is 13.6. The van der Waals surface area contributed by atoms with Crippen molar-refractivity contribution in [2.75, 3.05) is 0 Å². The largest absolute Gasteiger partial charge is 0.494 e. The van der Waals surface area contributed by atoms with Gasteiger partial charge in [-0.1, -0.05) is 52.3 Å². The van der Waals surface area contributed by atoms with Crippen molar-refractivity contribution in [3.8, 4) is 11.6 Å². The molecule has 3 aromatic carbocycles. The fourth-order valence-electron chi connectivity index (χ4n) is 3.19. The topological polar surface area (TPSA) is 54.6 Å². The maximum absolute atomic E-state index is 13.1. The van der Waals surface area contributed by atoms with Gasteiger partial charge in [0, 0.05) is 21.5 Å². The SMILES string of the molecule is Cc1ccccc1-n1c(O)c(C=Nc2ccc(Br)cc2)c2ccccc2c1=O. The number of nitrogens with zero attached hydrogens (tertiary/aromatic N) is 2.